The average molecular weight is 318 g/mol. The molecule has 1 unspecified atom stereocenters. The first-order valence-electron chi connectivity index (χ1n) is 6.54. The lowest BCUT2D eigenvalue weighted by Crippen LogP contribution is -2.10. The fourth-order valence-electron chi connectivity index (χ4n) is 2.47. The van der Waals surface area contributed by atoms with E-state index in [9.17, 15) is 0 Å². The van der Waals surface area contributed by atoms with Crippen LogP contribution in [0.15, 0.2) is 34.9 Å². The van der Waals surface area contributed by atoms with Crippen molar-refractivity contribution in [2.45, 2.75) is 19.3 Å². The zero-order valence-electron chi connectivity index (χ0n) is 10.9. The van der Waals surface area contributed by atoms with Crippen LogP contribution >= 0.6 is 15.9 Å². The van der Waals surface area contributed by atoms with Crippen LogP contribution in [0.4, 0.5) is 0 Å². The molecule has 4 heteroatoms. The molecule has 3 nitrogen and oxygen atoms in total. The molecule has 0 spiro atoms. The van der Waals surface area contributed by atoms with E-state index >= 15 is 0 Å². The van der Waals surface area contributed by atoms with Gasteiger partial charge in [-0.05, 0) is 43.7 Å². The molecule has 0 amide bonds. The summed E-state index contributed by atoms with van der Waals surface area (Å²) >= 11 is 3.52. The summed E-state index contributed by atoms with van der Waals surface area (Å²) in [6, 6.07) is 8.27. The minimum absolute atomic E-state index is 0.451. The second kappa shape index (κ2) is 5.39. The Labute approximate surface area is 121 Å². The second-order valence-electron chi connectivity index (χ2n) is 4.95. The Kier molecular flexibility index (Phi) is 3.62. The number of nitrogens with zero attached hydrogens (tertiary/aromatic N) is 2. The van der Waals surface area contributed by atoms with Crippen LogP contribution < -0.4 is 5.32 Å². The molecule has 1 N–H and O–H groups in total. The number of halogens is 1. The third-order valence-corrected chi connectivity index (χ3v) is 4.07. The highest BCUT2D eigenvalue weighted by molar-refractivity contribution is 9.10. The summed E-state index contributed by atoms with van der Waals surface area (Å²) in [5.74, 6) is 1.41. The molecule has 2 aromatic rings. The largest absolute Gasteiger partial charge is 0.316 e. The number of hydrogen-bond acceptors (Lipinski definition) is 3. The summed E-state index contributed by atoms with van der Waals surface area (Å²) < 4.78 is 1.08. The summed E-state index contributed by atoms with van der Waals surface area (Å²) in [5, 5.41) is 3.36. The Hall–Kier alpha value is -1.26. The molecule has 0 aliphatic carbocycles. The van der Waals surface area contributed by atoms with E-state index in [4.69, 9.17) is 4.98 Å². The van der Waals surface area contributed by atoms with Crippen LogP contribution in [0.25, 0.3) is 11.3 Å². The van der Waals surface area contributed by atoms with Crippen molar-refractivity contribution in [1.29, 1.82) is 0 Å². The quantitative estimate of drug-likeness (QED) is 0.923. The van der Waals surface area contributed by atoms with E-state index in [2.05, 4.69) is 51.4 Å². The number of nitrogens with one attached hydrogen (secondary N) is 1. The van der Waals surface area contributed by atoms with Crippen molar-refractivity contribution in [2.24, 2.45) is 0 Å². The number of aromatic nitrogens is 2. The Morgan fingerprint density at radius 1 is 1.32 bits per heavy atom. The molecule has 1 aromatic heterocycles. The molecule has 1 aliphatic heterocycles. The fourth-order valence-corrected chi connectivity index (χ4v) is 2.83. The van der Waals surface area contributed by atoms with E-state index in [1.54, 1.807) is 0 Å². The van der Waals surface area contributed by atoms with Crippen molar-refractivity contribution in [3.8, 4) is 11.3 Å². The third kappa shape index (κ3) is 2.69. The molecule has 2 heterocycles. The van der Waals surface area contributed by atoms with Crippen molar-refractivity contribution in [3.63, 3.8) is 0 Å². The van der Waals surface area contributed by atoms with Gasteiger partial charge in [-0.2, -0.15) is 0 Å². The van der Waals surface area contributed by atoms with Gasteiger partial charge in [-0.1, -0.05) is 22.0 Å². The van der Waals surface area contributed by atoms with Crippen LogP contribution in [0.1, 0.15) is 23.7 Å². The summed E-state index contributed by atoms with van der Waals surface area (Å²) in [7, 11) is 0. The zero-order valence-corrected chi connectivity index (χ0v) is 12.4. The Bertz CT molecular complexity index is 592. The van der Waals surface area contributed by atoms with Gasteiger partial charge in [-0.15, -0.1) is 0 Å². The number of aryl methyl sites for hydroxylation is 1. The molecule has 19 heavy (non-hydrogen) atoms. The molecule has 1 fully saturated rings. The smallest absolute Gasteiger partial charge is 0.133 e. The first kappa shape index (κ1) is 12.8. The molecule has 98 valence electrons. The van der Waals surface area contributed by atoms with Gasteiger partial charge >= 0.3 is 0 Å². The maximum Gasteiger partial charge on any atom is 0.133 e. The minimum Gasteiger partial charge on any atom is -0.316 e. The van der Waals surface area contributed by atoms with Gasteiger partial charge in [0.05, 0.1) is 5.69 Å². The monoisotopic (exact) mass is 317 g/mol. The van der Waals surface area contributed by atoms with Crippen molar-refractivity contribution >= 4 is 15.9 Å². The maximum atomic E-state index is 4.76. The van der Waals surface area contributed by atoms with Crippen LogP contribution in [-0.4, -0.2) is 23.1 Å². The molecule has 3 rings (SSSR count). The molecule has 0 bridgehead atoms. The second-order valence-corrected chi connectivity index (χ2v) is 5.86. The lowest BCUT2D eigenvalue weighted by Gasteiger charge is -2.10. The first-order chi connectivity index (χ1) is 9.24. The summed E-state index contributed by atoms with van der Waals surface area (Å²) in [5.41, 5.74) is 3.41. The molecule has 0 saturated carbocycles. The summed E-state index contributed by atoms with van der Waals surface area (Å²) in [6.45, 7) is 4.16. The number of rotatable bonds is 2. The molecule has 1 aromatic carbocycles. The third-order valence-electron chi connectivity index (χ3n) is 3.58. The first-order valence-corrected chi connectivity index (χ1v) is 7.33. The van der Waals surface area contributed by atoms with Gasteiger partial charge in [0.15, 0.2) is 0 Å². The Morgan fingerprint density at radius 2 is 2.21 bits per heavy atom. The normalized spacial score (nSPS) is 18.7. The SMILES string of the molecule is Cc1ccc(Br)cc1-c1ccnc(C2CCNC2)n1. The van der Waals surface area contributed by atoms with Crippen LogP contribution in [0.2, 0.25) is 0 Å². The van der Waals surface area contributed by atoms with Crippen LogP contribution in [0.3, 0.4) is 0 Å². The summed E-state index contributed by atoms with van der Waals surface area (Å²) in [4.78, 5) is 9.19. The highest BCUT2D eigenvalue weighted by atomic mass is 79.9. The molecule has 1 atom stereocenters. The van der Waals surface area contributed by atoms with Gasteiger partial charge < -0.3 is 5.32 Å². The number of hydrogen-bond donors (Lipinski definition) is 1. The van der Waals surface area contributed by atoms with Crippen molar-refractivity contribution in [1.82, 2.24) is 15.3 Å². The molecule has 0 radical (unpaired) electrons. The molecule has 1 saturated heterocycles. The van der Waals surface area contributed by atoms with E-state index in [0.717, 1.165) is 35.5 Å². The van der Waals surface area contributed by atoms with Gasteiger partial charge in [0.2, 0.25) is 0 Å². The molecule has 1 aliphatic rings. The van der Waals surface area contributed by atoms with E-state index in [1.807, 2.05) is 12.3 Å². The van der Waals surface area contributed by atoms with Crippen LogP contribution in [0, 0.1) is 6.92 Å². The van der Waals surface area contributed by atoms with E-state index in [-0.39, 0.29) is 0 Å². The van der Waals surface area contributed by atoms with E-state index in [1.165, 1.54) is 11.1 Å². The van der Waals surface area contributed by atoms with Gasteiger partial charge in [0.25, 0.3) is 0 Å². The molecular formula is C15H16BrN3. The Balaban J connectivity index is 2.00. The minimum atomic E-state index is 0.451. The fraction of sp³-hybridized carbons (Fsp3) is 0.333. The lowest BCUT2D eigenvalue weighted by molar-refractivity contribution is 0.703. The van der Waals surface area contributed by atoms with Gasteiger partial charge in [-0.3, -0.25) is 0 Å². The van der Waals surface area contributed by atoms with Crippen molar-refractivity contribution in [2.75, 3.05) is 13.1 Å². The van der Waals surface area contributed by atoms with Gasteiger partial charge in [0.1, 0.15) is 5.82 Å². The van der Waals surface area contributed by atoms with E-state index in [0.29, 0.717) is 5.92 Å². The average Bonchev–Trinajstić information content (AvgIpc) is 2.96. The zero-order chi connectivity index (χ0) is 13.2. The Morgan fingerprint density at radius 3 is 3.00 bits per heavy atom. The van der Waals surface area contributed by atoms with Crippen molar-refractivity contribution in [3.05, 3.63) is 46.3 Å². The number of benzene rings is 1. The highest BCUT2D eigenvalue weighted by Gasteiger charge is 2.19. The lowest BCUT2D eigenvalue weighted by atomic mass is 10.0. The predicted molar refractivity (Wildman–Crippen MR) is 80.1 cm³/mol. The van der Waals surface area contributed by atoms with Crippen LogP contribution in [0.5, 0.6) is 0 Å². The summed E-state index contributed by atoms with van der Waals surface area (Å²) in [6.07, 6.45) is 3.00. The standard InChI is InChI=1S/C15H16BrN3/c1-10-2-3-12(16)8-13(10)14-5-7-18-15(19-14)11-4-6-17-9-11/h2-3,5,7-8,11,17H,4,6,9H2,1H3. The molecular weight excluding hydrogens is 302 g/mol. The van der Waals surface area contributed by atoms with Crippen molar-refractivity contribution < 1.29 is 0 Å². The van der Waals surface area contributed by atoms with Gasteiger partial charge in [-0.25, -0.2) is 9.97 Å². The van der Waals surface area contributed by atoms with Crippen LogP contribution in [-0.2, 0) is 0 Å². The van der Waals surface area contributed by atoms with E-state index < -0.39 is 0 Å². The predicted octanol–water partition coefficient (Wildman–Crippen LogP) is 3.29. The maximum absolute atomic E-state index is 4.76. The highest BCUT2D eigenvalue weighted by Crippen LogP contribution is 2.27. The van der Waals surface area contributed by atoms with Gasteiger partial charge in [0, 0.05) is 28.7 Å². The topological polar surface area (TPSA) is 37.8 Å².